The molecule has 7 nitrogen and oxygen atoms in total. The molecule has 2 aromatic carbocycles. The maximum atomic E-state index is 15.2. The first-order valence-corrected chi connectivity index (χ1v) is 15.3. The van der Waals surface area contributed by atoms with Crippen LogP contribution in [0.25, 0.3) is 11.1 Å². The Morgan fingerprint density at radius 2 is 1.92 bits per heavy atom. The minimum atomic E-state index is -3.02. The predicted octanol–water partition coefficient (Wildman–Crippen LogP) is 5.61. The summed E-state index contributed by atoms with van der Waals surface area (Å²) in [6.45, 7) is 4.34. The number of nitrogens with zero attached hydrogens (tertiary/aromatic N) is 1. The van der Waals surface area contributed by atoms with E-state index in [0.29, 0.717) is 30.8 Å². The molecule has 1 fully saturated rings. The third kappa shape index (κ3) is 5.93. The predicted molar refractivity (Wildman–Crippen MR) is 149 cm³/mol. The number of hydrogen-bond donors (Lipinski definition) is 2. The van der Waals surface area contributed by atoms with Gasteiger partial charge in [0.15, 0.2) is 0 Å². The number of nitrogens with one attached hydrogen (secondary N) is 1. The van der Waals surface area contributed by atoms with Crippen molar-refractivity contribution in [3.8, 4) is 16.9 Å². The average Bonchev–Trinajstić information content (AvgIpc) is 3.57. The Labute approximate surface area is 228 Å². The smallest absolute Gasteiger partial charge is 0.307 e. The molecule has 0 saturated heterocycles. The normalized spacial score (nSPS) is 19.9. The Hall–Kier alpha value is -3.46. The molecule has 0 amide bonds. The van der Waals surface area contributed by atoms with E-state index < -0.39 is 15.8 Å². The minimum absolute atomic E-state index is 0.0282. The van der Waals surface area contributed by atoms with Gasteiger partial charge in [-0.1, -0.05) is 6.07 Å². The Kier molecular flexibility index (Phi) is 7.37. The maximum Gasteiger partial charge on any atom is 0.307 e. The van der Waals surface area contributed by atoms with Crippen molar-refractivity contribution in [3.05, 3.63) is 76.4 Å². The van der Waals surface area contributed by atoms with E-state index >= 15 is 4.39 Å². The zero-order valence-electron chi connectivity index (χ0n) is 22.3. The molecule has 2 aliphatic rings. The van der Waals surface area contributed by atoms with Crippen LogP contribution in [-0.4, -0.2) is 43.1 Å². The highest BCUT2D eigenvalue weighted by Gasteiger charge is 2.45. The molecular weight excluding hydrogens is 519 g/mol. The van der Waals surface area contributed by atoms with E-state index in [9.17, 15) is 13.2 Å². The Morgan fingerprint density at radius 1 is 1.18 bits per heavy atom. The Balaban J connectivity index is 1.33. The number of rotatable bonds is 10. The number of pyridine rings is 1. The summed E-state index contributed by atoms with van der Waals surface area (Å²) >= 11 is 0. The number of sulfone groups is 1. The molecule has 0 radical (unpaired) electrons. The first-order valence-electron chi connectivity index (χ1n) is 13.2. The summed E-state index contributed by atoms with van der Waals surface area (Å²) in [4.78, 5) is 15.6. The van der Waals surface area contributed by atoms with Gasteiger partial charge < -0.3 is 15.2 Å². The number of benzene rings is 2. The van der Waals surface area contributed by atoms with Crippen LogP contribution < -0.4 is 10.1 Å². The molecule has 39 heavy (non-hydrogen) atoms. The summed E-state index contributed by atoms with van der Waals surface area (Å²) in [7, 11) is -3.02. The monoisotopic (exact) mass is 552 g/mol. The van der Waals surface area contributed by atoms with Gasteiger partial charge in [-0.15, -0.1) is 0 Å². The van der Waals surface area contributed by atoms with Crippen molar-refractivity contribution in [3.63, 3.8) is 0 Å². The molecule has 1 heterocycles. The molecule has 0 aliphatic heterocycles. The van der Waals surface area contributed by atoms with Gasteiger partial charge in [0.1, 0.15) is 21.4 Å². The number of carboxylic acids is 1. The highest BCUT2D eigenvalue weighted by atomic mass is 32.2. The van der Waals surface area contributed by atoms with E-state index in [2.05, 4.69) is 10.3 Å². The number of halogens is 1. The van der Waals surface area contributed by atoms with Gasteiger partial charge in [-0.05, 0) is 97.7 Å². The van der Waals surface area contributed by atoms with Crippen LogP contribution >= 0.6 is 0 Å². The number of carbonyl (C=O) groups is 1. The summed E-state index contributed by atoms with van der Waals surface area (Å²) in [6, 6.07) is 10.8. The lowest BCUT2D eigenvalue weighted by atomic mass is 9.90. The molecular formula is C30H33FN2O5S. The van der Waals surface area contributed by atoms with Crippen molar-refractivity contribution in [1.82, 2.24) is 4.98 Å². The van der Waals surface area contributed by atoms with Gasteiger partial charge in [-0.3, -0.25) is 9.78 Å². The zero-order chi connectivity index (χ0) is 27.9. The van der Waals surface area contributed by atoms with Crippen LogP contribution in [0.15, 0.2) is 42.6 Å². The zero-order valence-corrected chi connectivity index (χ0v) is 23.1. The molecule has 206 valence electrons. The molecule has 2 N–H and O–H groups in total. The number of aryl methyl sites for hydroxylation is 2. The van der Waals surface area contributed by atoms with Gasteiger partial charge in [0.05, 0.1) is 36.2 Å². The summed E-state index contributed by atoms with van der Waals surface area (Å²) in [6.07, 6.45) is 5.45. The van der Waals surface area contributed by atoms with E-state index in [1.165, 1.54) is 12.3 Å². The largest absolute Gasteiger partial charge is 0.494 e. The lowest BCUT2D eigenvalue weighted by Gasteiger charge is -2.19. The van der Waals surface area contributed by atoms with Crippen LogP contribution in [0, 0.1) is 25.6 Å². The summed E-state index contributed by atoms with van der Waals surface area (Å²) < 4.78 is 43.7. The fraction of sp³-hybridized carbons (Fsp3) is 0.400. The lowest BCUT2D eigenvalue weighted by Crippen LogP contribution is -2.10. The Bertz CT molecular complexity index is 1500. The molecule has 3 atom stereocenters. The van der Waals surface area contributed by atoms with Crippen LogP contribution in [0.5, 0.6) is 5.75 Å². The highest BCUT2D eigenvalue weighted by Crippen LogP contribution is 2.47. The third-order valence-electron chi connectivity index (χ3n) is 7.65. The number of ether oxygens (including phenoxy) is 1. The minimum Gasteiger partial charge on any atom is -0.494 e. The van der Waals surface area contributed by atoms with E-state index in [1.807, 2.05) is 44.2 Å². The fourth-order valence-electron chi connectivity index (χ4n) is 5.74. The summed E-state index contributed by atoms with van der Waals surface area (Å²) in [5.74, 6) is -0.618. The molecule has 2 aliphatic carbocycles. The molecule has 9 heteroatoms. The van der Waals surface area contributed by atoms with E-state index in [-0.39, 0.29) is 29.4 Å². The van der Waals surface area contributed by atoms with Crippen molar-refractivity contribution < 1.29 is 27.4 Å². The second kappa shape index (κ2) is 10.6. The number of anilines is 1. The van der Waals surface area contributed by atoms with Crippen LogP contribution in [-0.2, 0) is 21.1 Å². The molecule has 1 aromatic heterocycles. The SMILES string of the molecule is Cc1cc(OCCCS(C)(=O)=O)cc(C)c1-c1ccc(F)c2c1CCC2Nc1ccc([C@H]2C[C@@H]2C(=O)O)nc1. The standard InChI is InChI=1S/C30H33FN2O5S/c1-17-13-20(38-11-4-12-39(3,36)37)14-18(2)28(17)21-6-8-25(31)29-22(21)7-10-27(29)33-19-5-9-26(32-16-19)23-15-24(23)30(34)35/h5-6,8-9,13-14,16,23-24,27,33H,4,7,10-12,15H2,1-3H3,(H,34,35)/t23-,24-,27?/m0/s1. The van der Waals surface area contributed by atoms with Gasteiger partial charge in [0.2, 0.25) is 0 Å². The van der Waals surface area contributed by atoms with E-state index in [0.717, 1.165) is 52.0 Å². The number of fused-ring (bicyclic) bond motifs is 1. The Morgan fingerprint density at radius 3 is 2.54 bits per heavy atom. The fourth-order valence-corrected chi connectivity index (χ4v) is 6.39. The molecule has 5 rings (SSSR count). The van der Waals surface area contributed by atoms with Gasteiger partial charge >= 0.3 is 5.97 Å². The van der Waals surface area contributed by atoms with Gasteiger partial charge in [0.25, 0.3) is 0 Å². The quantitative estimate of drug-likeness (QED) is 0.315. The average molecular weight is 553 g/mol. The van der Waals surface area contributed by atoms with Crippen molar-refractivity contribution in [2.24, 2.45) is 5.92 Å². The molecule has 1 unspecified atom stereocenters. The lowest BCUT2D eigenvalue weighted by molar-refractivity contribution is -0.138. The highest BCUT2D eigenvalue weighted by molar-refractivity contribution is 7.90. The molecule has 0 bridgehead atoms. The van der Waals surface area contributed by atoms with E-state index in [4.69, 9.17) is 9.84 Å². The van der Waals surface area contributed by atoms with Crippen molar-refractivity contribution in [1.29, 1.82) is 0 Å². The maximum absolute atomic E-state index is 15.2. The molecule has 3 aromatic rings. The van der Waals surface area contributed by atoms with Gasteiger partial charge in [-0.2, -0.15) is 0 Å². The van der Waals surface area contributed by atoms with Crippen molar-refractivity contribution in [2.45, 2.75) is 51.5 Å². The number of hydrogen-bond acceptors (Lipinski definition) is 6. The second-order valence-corrected chi connectivity index (χ2v) is 13.0. The van der Waals surface area contributed by atoms with Gasteiger partial charge in [-0.25, -0.2) is 12.8 Å². The second-order valence-electron chi connectivity index (χ2n) is 10.7. The van der Waals surface area contributed by atoms with Crippen LogP contribution in [0.4, 0.5) is 10.1 Å². The molecule has 1 saturated carbocycles. The first-order chi connectivity index (χ1) is 18.5. The summed E-state index contributed by atoms with van der Waals surface area (Å²) in [5, 5.41) is 12.6. The number of carboxylic acid groups (broad SMARTS) is 1. The van der Waals surface area contributed by atoms with E-state index in [1.54, 1.807) is 6.20 Å². The summed E-state index contributed by atoms with van der Waals surface area (Å²) in [5.41, 5.74) is 7.31. The number of aliphatic carboxylic acids is 1. The molecule has 0 spiro atoms. The van der Waals surface area contributed by atoms with Crippen LogP contribution in [0.1, 0.15) is 59.2 Å². The third-order valence-corrected chi connectivity index (χ3v) is 8.68. The topological polar surface area (TPSA) is 106 Å². The van der Waals surface area contributed by atoms with Gasteiger partial charge in [0, 0.05) is 23.4 Å². The van der Waals surface area contributed by atoms with Crippen LogP contribution in [0.2, 0.25) is 0 Å². The van der Waals surface area contributed by atoms with Crippen molar-refractivity contribution >= 4 is 21.5 Å². The first kappa shape index (κ1) is 27.1. The van der Waals surface area contributed by atoms with Crippen LogP contribution in [0.3, 0.4) is 0 Å². The van der Waals surface area contributed by atoms with Crippen molar-refractivity contribution in [2.75, 3.05) is 23.9 Å². The number of aromatic nitrogens is 1.